The van der Waals surface area contributed by atoms with Crippen LogP contribution in [0.4, 0.5) is 5.82 Å². The molecule has 0 aliphatic carbocycles. The van der Waals surface area contributed by atoms with Crippen molar-refractivity contribution in [2.75, 3.05) is 32.3 Å². The molecule has 12 heteroatoms. The first-order valence-corrected chi connectivity index (χ1v) is 17.8. The number of fused-ring (bicyclic) bond motifs is 1. The molecule has 0 radical (unpaired) electrons. The van der Waals surface area contributed by atoms with Crippen LogP contribution in [0.25, 0.3) is 11.2 Å². The van der Waals surface area contributed by atoms with Crippen molar-refractivity contribution in [3.8, 4) is 0 Å². The zero-order valence-electron chi connectivity index (χ0n) is 27.6. The van der Waals surface area contributed by atoms with Gasteiger partial charge in [0.05, 0.1) is 19.0 Å². The van der Waals surface area contributed by atoms with Crippen LogP contribution in [0.3, 0.4) is 0 Å². The molecule has 0 aromatic carbocycles. The van der Waals surface area contributed by atoms with Crippen molar-refractivity contribution < 1.29 is 18.6 Å². The van der Waals surface area contributed by atoms with E-state index in [-0.39, 0.29) is 24.9 Å². The van der Waals surface area contributed by atoms with Crippen molar-refractivity contribution in [2.24, 2.45) is 0 Å². The number of hydrogen-bond donors (Lipinski definition) is 3. The van der Waals surface area contributed by atoms with Gasteiger partial charge in [-0.2, -0.15) is 0 Å². The molecule has 0 fully saturated rings. The van der Waals surface area contributed by atoms with E-state index >= 15 is 0 Å². The van der Waals surface area contributed by atoms with Gasteiger partial charge >= 0.3 is 0 Å². The molecular formula is C34H52N7O4P. The van der Waals surface area contributed by atoms with Crippen molar-refractivity contribution in [1.82, 2.24) is 29.9 Å². The average Bonchev–Trinajstić information content (AvgIpc) is 3.47. The molecule has 0 aliphatic rings. The molecule has 2 atom stereocenters. The fourth-order valence-electron chi connectivity index (χ4n) is 4.12. The number of nitrogens with one attached hydrogen (secondary N) is 2. The number of carbonyl (C=O) groups excluding carboxylic acids is 1. The number of rotatable bonds is 24. The topological polar surface area (TPSA) is 146 Å². The maximum absolute atomic E-state index is 13.0. The summed E-state index contributed by atoms with van der Waals surface area (Å²) in [5.74, 6) is 0.252. The summed E-state index contributed by atoms with van der Waals surface area (Å²) in [7, 11) is -1.87. The molecule has 46 heavy (non-hydrogen) atoms. The van der Waals surface area contributed by atoms with E-state index in [0.29, 0.717) is 42.9 Å². The smallest absolute Gasteiger partial charge is 0.294 e. The summed E-state index contributed by atoms with van der Waals surface area (Å²) in [4.78, 5) is 24.5. The molecule has 2 heterocycles. The number of amides is 1. The summed E-state index contributed by atoms with van der Waals surface area (Å²) in [5, 5.41) is 5.72. The zero-order valence-corrected chi connectivity index (χ0v) is 28.5. The normalized spacial score (nSPS) is 14.7. The summed E-state index contributed by atoms with van der Waals surface area (Å²) in [6.07, 6.45) is 35.3. The van der Waals surface area contributed by atoms with Crippen LogP contribution in [-0.4, -0.2) is 58.1 Å². The lowest BCUT2D eigenvalue weighted by atomic mass is 10.2. The van der Waals surface area contributed by atoms with E-state index in [1.54, 1.807) is 10.9 Å². The molecule has 2 rings (SSSR count). The fraction of sp³-hybridized carbons (Fsp3) is 0.471. The van der Waals surface area contributed by atoms with Crippen LogP contribution in [0, 0.1) is 0 Å². The number of nitrogens with zero attached hydrogens (tertiary/aromatic N) is 4. The van der Waals surface area contributed by atoms with Gasteiger partial charge in [0.1, 0.15) is 18.2 Å². The van der Waals surface area contributed by atoms with Gasteiger partial charge in [0.15, 0.2) is 11.5 Å². The van der Waals surface area contributed by atoms with Crippen molar-refractivity contribution in [2.45, 2.75) is 77.9 Å². The van der Waals surface area contributed by atoms with E-state index in [0.717, 1.165) is 38.5 Å². The molecule has 0 bridgehead atoms. The molecule has 2 aromatic rings. The Morgan fingerprint density at radius 1 is 0.913 bits per heavy atom. The lowest BCUT2D eigenvalue weighted by molar-refractivity contribution is -0.120. The lowest BCUT2D eigenvalue weighted by Crippen LogP contribution is -2.31. The quantitative estimate of drug-likeness (QED) is 0.0633. The first-order chi connectivity index (χ1) is 22.4. The van der Waals surface area contributed by atoms with E-state index in [9.17, 15) is 9.36 Å². The minimum atomic E-state index is -3.24. The van der Waals surface area contributed by atoms with Crippen LogP contribution < -0.4 is 16.1 Å². The van der Waals surface area contributed by atoms with Crippen LogP contribution in [0.15, 0.2) is 85.6 Å². The third-order valence-corrected chi connectivity index (χ3v) is 8.43. The van der Waals surface area contributed by atoms with E-state index in [2.05, 4.69) is 99.1 Å². The third kappa shape index (κ3) is 16.6. The molecule has 4 N–H and O–H groups in total. The number of hydrogen-bond acceptors (Lipinski definition) is 8. The van der Waals surface area contributed by atoms with Gasteiger partial charge in [-0.25, -0.2) is 20.0 Å². The number of nitrogens with two attached hydrogens (primary N) is 1. The van der Waals surface area contributed by atoms with Gasteiger partial charge in [0, 0.05) is 26.6 Å². The highest BCUT2D eigenvalue weighted by molar-refractivity contribution is 7.56. The highest BCUT2D eigenvalue weighted by atomic mass is 31.2. The van der Waals surface area contributed by atoms with Gasteiger partial charge in [0.25, 0.3) is 7.52 Å². The number of allylic oxidation sites excluding steroid dienone is 12. The minimum absolute atomic E-state index is 0.0598. The Morgan fingerprint density at radius 2 is 1.50 bits per heavy atom. The maximum atomic E-state index is 13.0. The summed E-state index contributed by atoms with van der Waals surface area (Å²) < 4.78 is 25.8. The molecule has 0 saturated carbocycles. The van der Waals surface area contributed by atoms with Crippen LogP contribution >= 0.6 is 7.52 Å². The Morgan fingerprint density at radius 3 is 2.09 bits per heavy atom. The molecule has 0 spiro atoms. The molecule has 1 unspecified atom stereocenters. The fourth-order valence-corrected chi connectivity index (χ4v) is 5.35. The van der Waals surface area contributed by atoms with Gasteiger partial charge in [-0.15, -0.1) is 0 Å². The van der Waals surface area contributed by atoms with Crippen LogP contribution in [0.1, 0.15) is 65.2 Å². The molecule has 2 aromatic heterocycles. The Labute approximate surface area is 274 Å². The number of ether oxygens (including phenoxy) is 1. The van der Waals surface area contributed by atoms with Gasteiger partial charge in [-0.05, 0) is 51.9 Å². The lowest BCUT2D eigenvalue weighted by Gasteiger charge is -2.21. The second-order valence-corrected chi connectivity index (χ2v) is 12.8. The Hall–Kier alpha value is -3.63. The molecule has 252 valence electrons. The van der Waals surface area contributed by atoms with Crippen molar-refractivity contribution in [3.05, 3.63) is 85.6 Å². The summed E-state index contributed by atoms with van der Waals surface area (Å²) in [6.45, 7) is 5.05. The molecular weight excluding hydrogens is 601 g/mol. The van der Waals surface area contributed by atoms with E-state index in [1.165, 1.54) is 13.4 Å². The second-order valence-electron chi connectivity index (χ2n) is 10.5. The summed E-state index contributed by atoms with van der Waals surface area (Å²) in [5.41, 5.74) is 6.97. The largest absolute Gasteiger partial charge is 0.382 e. The number of anilines is 1. The van der Waals surface area contributed by atoms with Crippen molar-refractivity contribution >= 4 is 30.4 Å². The Kier molecular flexibility index (Phi) is 19.8. The standard InChI is InChI=1S/C34H52N7O4P/c1-4-5-6-7-8-9-10-11-12-13-14-15-16-17-18-19-20-21-22-23-31(42)36-24-25-40-46(43,44-3)29-45-30(2)26-41-28-39-32-33(35)37-27-38-34(32)41/h5-6,8-9,11-12,14-15,17-18,20-21,27-28,30H,4,7,10,13,16,19,22-26,29H2,1-3H3,(H,36,42)(H,40,43)(H2,35,37,38)/t30-,46?/m1/s1. The van der Waals surface area contributed by atoms with Gasteiger partial charge < -0.3 is 24.9 Å². The molecule has 0 saturated heterocycles. The van der Waals surface area contributed by atoms with Gasteiger partial charge in [0.2, 0.25) is 5.91 Å². The summed E-state index contributed by atoms with van der Waals surface area (Å²) >= 11 is 0. The second kappa shape index (κ2) is 23.7. The maximum Gasteiger partial charge on any atom is 0.294 e. The monoisotopic (exact) mass is 653 g/mol. The highest BCUT2D eigenvalue weighted by Gasteiger charge is 2.23. The Bertz CT molecular complexity index is 1380. The van der Waals surface area contributed by atoms with Gasteiger partial charge in [-0.3, -0.25) is 9.36 Å². The van der Waals surface area contributed by atoms with Crippen LogP contribution in [0.2, 0.25) is 0 Å². The average molecular weight is 654 g/mol. The minimum Gasteiger partial charge on any atom is -0.382 e. The van der Waals surface area contributed by atoms with Crippen molar-refractivity contribution in [3.63, 3.8) is 0 Å². The first-order valence-electron chi connectivity index (χ1n) is 16.0. The molecule has 0 aliphatic heterocycles. The van der Waals surface area contributed by atoms with Crippen molar-refractivity contribution in [1.29, 1.82) is 0 Å². The predicted molar refractivity (Wildman–Crippen MR) is 188 cm³/mol. The number of aromatic nitrogens is 4. The van der Waals surface area contributed by atoms with Crippen LogP contribution in [-0.2, 0) is 25.2 Å². The van der Waals surface area contributed by atoms with E-state index in [4.69, 9.17) is 15.0 Å². The zero-order chi connectivity index (χ0) is 33.3. The highest BCUT2D eigenvalue weighted by Crippen LogP contribution is 2.41. The Balaban J connectivity index is 1.50. The van der Waals surface area contributed by atoms with E-state index in [1.807, 2.05) is 13.0 Å². The van der Waals surface area contributed by atoms with Gasteiger partial charge in [-0.1, -0.05) is 79.8 Å². The SMILES string of the molecule is CCC=CCC=CCC=CCC=CCC=CCC=CCCC(=O)NCCNP(=O)(CO[C@H](C)Cn1cnc2c(N)ncnc21)OC. The summed E-state index contributed by atoms with van der Waals surface area (Å²) in [6, 6.07) is 0. The first kappa shape index (κ1) is 38.6. The number of nitrogen functional groups attached to an aromatic ring is 1. The third-order valence-electron chi connectivity index (χ3n) is 6.64. The van der Waals surface area contributed by atoms with Crippen LogP contribution in [0.5, 0.6) is 0 Å². The predicted octanol–water partition coefficient (Wildman–Crippen LogP) is 6.79. The molecule has 1 amide bonds. The number of imidazole rings is 1. The molecule has 11 nitrogen and oxygen atoms in total. The number of carbonyl (C=O) groups is 1. The van der Waals surface area contributed by atoms with E-state index < -0.39 is 7.52 Å².